The van der Waals surface area contributed by atoms with Gasteiger partial charge in [0.15, 0.2) is 0 Å². The Bertz CT molecular complexity index is 1220. The average molecular weight is 467 g/mol. The molecule has 1 aliphatic carbocycles. The van der Waals surface area contributed by atoms with Crippen molar-refractivity contribution in [2.45, 2.75) is 44.3 Å². The van der Waals surface area contributed by atoms with E-state index in [1.165, 1.54) is 43.1 Å². The van der Waals surface area contributed by atoms with Crippen LogP contribution < -0.4 is 20.9 Å². The van der Waals surface area contributed by atoms with Gasteiger partial charge in [0.2, 0.25) is 0 Å². The first-order chi connectivity index (χ1) is 17.4. The van der Waals surface area contributed by atoms with Crippen molar-refractivity contribution in [1.82, 2.24) is 25.9 Å². The fourth-order valence-electron chi connectivity index (χ4n) is 5.66. The van der Waals surface area contributed by atoms with Crippen LogP contribution in [-0.4, -0.2) is 48.4 Å². The number of anilines is 1. The second-order valence-corrected chi connectivity index (χ2v) is 9.78. The van der Waals surface area contributed by atoms with Crippen molar-refractivity contribution in [3.63, 3.8) is 0 Å². The number of benzene rings is 1. The number of dihydropyridines is 1. The van der Waals surface area contributed by atoms with Crippen LogP contribution in [0.1, 0.15) is 37.8 Å². The molecule has 0 bridgehead atoms. The minimum atomic E-state index is 0.107. The number of pyridine rings is 2. The highest BCUT2D eigenvalue weighted by Gasteiger charge is 2.24. The topological polar surface area (TPSA) is 65.1 Å². The first-order valence-corrected chi connectivity index (χ1v) is 13.1. The minimum absolute atomic E-state index is 0.107. The molecule has 6 heteroatoms. The van der Waals surface area contributed by atoms with Gasteiger partial charge in [-0.15, -0.1) is 0 Å². The van der Waals surface area contributed by atoms with Crippen molar-refractivity contribution < 1.29 is 0 Å². The van der Waals surface area contributed by atoms with Crippen LogP contribution in [0.25, 0.3) is 27.5 Å². The molecule has 3 aliphatic rings. The molecule has 180 valence electrons. The van der Waals surface area contributed by atoms with Gasteiger partial charge in [0.1, 0.15) is 5.82 Å². The van der Waals surface area contributed by atoms with Gasteiger partial charge in [-0.3, -0.25) is 10.3 Å². The Morgan fingerprint density at radius 2 is 1.77 bits per heavy atom. The third-order valence-electron chi connectivity index (χ3n) is 7.44. The zero-order valence-corrected chi connectivity index (χ0v) is 20.2. The van der Waals surface area contributed by atoms with Crippen LogP contribution in [-0.2, 0) is 0 Å². The highest BCUT2D eigenvalue weighted by atomic mass is 15.2. The van der Waals surface area contributed by atoms with Gasteiger partial charge in [-0.2, -0.15) is 0 Å². The molecule has 0 amide bonds. The Morgan fingerprint density at radius 1 is 0.943 bits per heavy atom. The number of hydrogen-bond donors (Lipinski definition) is 3. The molecule has 2 aromatic heterocycles. The quantitative estimate of drug-likeness (QED) is 0.516. The van der Waals surface area contributed by atoms with Gasteiger partial charge in [0.25, 0.3) is 0 Å². The maximum absolute atomic E-state index is 5.40. The van der Waals surface area contributed by atoms with Crippen molar-refractivity contribution in [2.24, 2.45) is 0 Å². The molecule has 1 aromatic carbocycles. The van der Waals surface area contributed by atoms with Gasteiger partial charge in [-0.1, -0.05) is 49.6 Å². The Morgan fingerprint density at radius 3 is 2.60 bits per heavy atom. The molecule has 1 atom stereocenters. The molecular formula is C29H34N6. The molecule has 1 saturated carbocycles. The van der Waals surface area contributed by atoms with E-state index in [0.29, 0.717) is 6.04 Å². The van der Waals surface area contributed by atoms with E-state index in [2.05, 4.69) is 80.6 Å². The van der Waals surface area contributed by atoms with E-state index in [1.807, 2.05) is 12.4 Å². The van der Waals surface area contributed by atoms with Crippen LogP contribution in [0.3, 0.4) is 0 Å². The maximum atomic E-state index is 5.40. The molecule has 3 aromatic rings. The fourth-order valence-corrected chi connectivity index (χ4v) is 5.66. The zero-order valence-electron chi connectivity index (χ0n) is 20.2. The molecule has 2 fully saturated rings. The second kappa shape index (κ2) is 10.2. The summed E-state index contributed by atoms with van der Waals surface area (Å²) in [6.45, 7) is 3.86. The van der Waals surface area contributed by atoms with Crippen LogP contribution in [0.2, 0.25) is 0 Å². The summed E-state index contributed by atoms with van der Waals surface area (Å²) in [4.78, 5) is 12.4. The van der Waals surface area contributed by atoms with Gasteiger partial charge in [0, 0.05) is 66.5 Å². The number of fused-ring (bicyclic) bond motifs is 1. The zero-order chi connectivity index (χ0) is 23.5. The number of piperazine rings is 1. The number of hydrogen-bond acceptors (Lipinski definition) is 6. The van der Waals surface area contributed by atoms with Crippen molar-refractivity contribution in [2.75, 3.05) is 31.1 Å². The maximum Gasteiger partial charge on any atom is 0.137 e. The molecule has 0 spiro atoms. The summed E-state index contributed by atoms with van der Waals surface area (Å²) in [6, 6.07) is 13.3. The molecule has 6 nitrogen and oxygen atoms in total. The first kappa shape index (κ1) is 22.3. The summed E-state index contributed by atoms with van der Waals surface area (Å²) in [6.07, 6.45) is 17.1. The number of allylic oxidation sites excluding steroid dienone is 2. The van der Waals surface area contributed by atoms with Crippen LogP contribution in [0.4, 0.5) is 5.82 Å². The molecule has 4 heterocycles. The molecule has 1 unspecified atom stereocenters. The van der Waals surface area contributed by atoms with E-state index < -0.39 is 0 Å². The van der Waals surface area contributed by atoms with E-state index in [1.54, 1.807) is 0 Å². The van der Waals surface area contributed by atoms with Gasteiger partial charge in [-0.25, -0.2) is 4.98 Å². The van der Waals surface area contributed by atoms with Crippen molar-refractivity contribution >= 4 is 22.2 Å². The fraction of sp³-hybridized carbons (Fsp3) is 0.379. The number of rotatable bonds is 5. The van der Waals surface area contributed by atoms with Crippen molar-refractivity contribution in [1.29, 1.82) is 0 Å². The van der Waals surface area contributed by atoms with Crippen LogP contribution in [0.15, 0.2) is 67.1 Å². The van der Waals surface area contributed by atoms with Crippen LogP contribution in [0.5, 0.6) is 0 Å². The highest BCUT2D eigenvalue weighted by molar-refractivity contribution is 6.06. The molecule has 1 saturated heterocycles. The standard InChI is InChI=1S/C29H34N6/c1-3-7-21(8-4-1)27-25-20-31-13-12-24(25)29(35-17-15-30-16-18-35)34-28(27)22-11-14-32-26(19-22)33-23-9-5-2-6-10-23/h1,3-4,7-8,11-14,19-20,23,26,30,32-33H,2,5-6,9-10,15-18H2. The average Bonchev–Trinajstić information content (AvgIpc) is 2.94. The summed E-state index contributed by atoms with van der Waals surface area (Å²) in [5, 5.41) is 13.1. The minimum Gasteiger partial charge on any atom is -0.372 e. The predicted molar refractivity (Wildman–Crippen MR) is 144 cm³/mol. The largest absolute Gasteiger partial charge is 0.372 e. The van der Waals surface area contributed by atoms with E-state index >= 15 is 0 Å². The smallest absolute Gasteiger partial charge is 0.137 e. The van der Waals surface area contributed by atoms with Crippen molar-refractivity contribution in [3.8, 4) is 11.1 Å². The molecule has 6 rings (SSSR count). The summed E-state index contributed by atoms with van der Waals surface area (Å²) < 4.78 is 0. The lowest BCUT2D eigenvalue weighted by molar-refractivity contribution is 0.345. The second-order valence-electron chi connectivity index (χ2n) is 9.78. The lowest BCUT2D eigenvalue weighted by Crippen LogP contribution is -2.46. The molecule has 0 radical (unpaired) electrons. The van der Waals surface area contributed by atoms with Gasteiger partial charge in [0.05, 0.1) is 11.9 Å². The molecule has 35 heavy (non-hydrogen) atoms. The Hall–Kier alpha value is -3.22. The van der Waals surface area contributed by atoms with Gasteiger partial charge < -0.3 is 15.5 Å². The van der Waals surface area contributed by atoms with Gasteiger partial charge in [-0.05, 0) is 42.8 Å². The van der Waals surface area contributed by atoms with Crippen LogP contribution >= 0.6 is 0 Å². The van der Waals surface area contributed by atoms with Gasteiger partial charge >= 0.3 is 0 Å². The van der Waals surface area contributed by atoms with E-state index in [4.69, 9.17) is 4.98 Å². The van der Waals surface area contributed by atoms with E-state index in [-0.39, 0.29) is 6.17 Å². The lowest BCUT2D eigenvalue weighted by Gasteiger charge is -2.31. The number of nitrogens with one attached hydrogen (secondary N) is 3. The summed E-state index contributed by atoms with van der Waals surface area (Å²) in [5.74, 6) is 1.06. The van der Waals surface area contributed by atoms with Crippen LogP contribution in [0, 0.1) is 0 Å². The molecule has 2 aliphatic heterocycles. The predicted octanol–water partition coefficient (Wildman–Crippen LogP) is 4.46. The molecular weight excluding hydrogens is 432 g/mol. The Labute approximate surface area is 207 Å². The normalized spacial score (nSPS) is 21.1. The number of nitrogens with zero attached hydrogens (tertiary/aromatic N) is 3. The monoisotopic (exact) mass is 466 g/mol. The molecule has 3 N–H and O–H groups in total. The summed E-state index contributed by atoms with van der Waals surface area (Å²) in [7, 11) is 0. The lowest BCUT2D eigenvalue weighted by atomic mass is 9.92. The number of aromatic nitrogens is 2. The third-order valence-corrected chi connectivity index (χ3v) is 7.44. The Kier molecular flexibility index (Phi) is 6.47. The van der Waals surface area contributed by atoms with E-state index in [9.17, 15) is 0 Å². The SMILES string of the molecule is C1=CC(c2nc(N3CCNCC3)c3ccncc3c2-c2ccccc2)=CC(NC2CCCCC2)N1. The Balaban J connectivity index is 1.49. The third kappa shape index (κ3) is 4.68. The summed E-state index contributed by atoms with van der Waals surface area (Å²) >= 11 is 0. The summed E-state index contributed by atoms with van der Waals surface area (Å²) in [5.41, 5.74) is 4.50. The first-order valence-electron chi connectivity index (χ1n) is 13.1. The van der Waals surface area contributed by atoms with Crippen molar-refractivity contribution in [3.05, 3.63) is 72.8 Å². The van der Waals surface area contributed by atoms with E-state index in [0.717, 1.165) is 54.2 Å². The highest BCUT2D eigenvalue weighted by Crippen LogP contribution is 2.39.